The smallest absolute Gasteiger partial charge is 0.221 e. The topological polar surface area (TPSA) is 38.3 Å². The minimum atomic E-state index is -0.0914. The van der Waals surface area contributed by atoms with Crippen molar-refractivity contribution >= 4 is 23.2 Å². The lowest BCUT2D eigenvalue weighted by molar-refractivity contribution is -0.114. The van der Waals surface area contributed by atoms with Crippen molar-refractivity contribution in [3.63, 3.8) is 0 Å². The lowest BCUT2D eigenvalue weighted by atomic mass is 10.2. The Morgan fingerprint density at radius 1 is 1.56 bits per heavy atom. The van der Waals surface area contributed by atoms with Gasteiger partial charge in [0.25, 0.3) is 0 Å². The predicted octanol–water partition coefficient (Wildman–Crippen LogP) is 2.90. The van der Waals surface area contributed by atoms with Gasteiger partial charge in [0.1, 0.15) is 5.75 Å². The van der Waals surface area contributed by atoms with Crippen LogP contribution in [0.15, 0.2) is 24.3 Å². The van der Waals surface area contributed by atoms with E-state index in [1.165, 1.54) is 6.92 Å². The Morgan fingerprint density at radius 2 is 2.31 bits per heavy atom. The van der Waals surface area contributed by atoms with Gasteiger partial charge in [-0.05, 0) is 12.1 Å². The van der Waals surface area contributed by atoms with Gasteiger partial charge in [0.2, 0.25) is 5.91 Å². The van der Waals surface area contributed by atoms with Crippen LogP contribution in [-0.2, 0) is 4.79 Å². The Balaban J connectivity index is 2.56. The fraction of sp³-hybridized carbons (Fsp3) is 0.417. The Labute approximate surface area is 101 Å². The maximum atomic E-state index is 10.9. The number of ether oxygens (including phenoxy) is 1. The molecule has 1 N–H and O–H groups in total. The molecule has 16 heavy (non-hydrogen) atoms. The fourth-order valence-electron chi connectivity index (χ4n) is 1.15. The van der Waals surface area contributed by atoms with E-state index in [0.29, 0.717) is 18.4 Å². The highest BCUT2D eigenvalue weighted by Gasteiger charge is 2.02. The van der Waals surface area contributed by atoms with Crippen LogP contribution in [0.2, 0.25) is 0 Å². The molecule has 3 nitrogen and oxygen atoms in total. The van der Waals surface area contributed by atoms with Gasteiger partial charge in [-0.25, -0.2) is 0 Å². The van der Waals surface area contributed by atoms with Gasteiger partial charge in [0.15, 0.2) is 0 Å². The van der Waals surface area contributed by atoms with E-state index in [1.807, 2.05) is 25.1 Å². The summed E-state index contributed by atoms with van der Waals surface area (Å²) in [5.41, 5.74) is 0.739. The van der Waals surface area contributed by atoms with Crippen molar-refractivity contribution < 1.29 is 9.53 Å². The third kappa shape index (κ3) is 4.53. The second-order valence-corrected chi connectivity index (χ2v) is 4.09. The first kappa shape index (κ1) is 12.8. The molecule has 0 aliphatic rings. The average Bonchev–Trinajstić information content (AvgIpc) is 2.25. The quantitative estimate of drug-likeness (QED) is 0.805. The zero-order chi connectivity index (χ0) is 12.0. The summed E-state index contributed by atoms with van der Waals surface area (Å²) in [6.45, 7) is 4.07. The summed E-state index contributed by atoms with van der Waals surface area (Å²) >= 11 is 5.68. The Morgan fingerprint density at radius 3 is 2.94 bits per heavy atom. The number of hydrogen-bond acceptors (Lipinski definition) is 2. The largest absolute Gasteiger partial charge is 0.493 e. The molecule has 1 atom stereocenters. The van der Waals surface area contributed by atoms with Crippen LogP contribution in [0.1, 0.15) is 13.8 Å². The first-order chi connectivity index (χ1) is 7.61. The minimum absolute atomic E-state index is 0.0914. The number of anilines is 1. The molecular weight excluding hydrogens is 226 g/mol. The van der Waals surface area contributed by atoms with Gasteiger partial charge in [0.05, 0.1) is 6.61 Å². The molecule has 0 aliphatic heterocycles. The standard InChI is InChI=1S/C12H16ClNO2/c1-9(7-13)8-16-12-5-3-4-11(6-12)14-10(2)15/h3-6,9H,7-8H2,1-2H3,(H,14,15). The molecule has 1 unspecified atom stereocenters. The number of hydrogen-bond donors (Lipinski definition) is 1. The van der Waals surface area contributed by atoms with Gasteiger partial charge in [-0.3, -0.25) is 4.79 Å². The lowest BCUT2D eigenvalue weighted by Gasteiger charge is -2.11. The highest BCUT2D eigenvalue weighted by molar-refractivity contribution is 6.18. The number of nitrogens with one attached hydrogen (secondary N) is 1. The van der Waals surface area contributed by atoms with E-state index >= 15 is 0 Å². The number of alkyl halides is 1. The minimum Gasteiger partial charge on any atom is -0.493 e. The van der Waals surface area contributed by atoms with Crippen LogP contribution >= 0.6 is 11.6 Å². The Kier molecular flexibility index (Phi) is 5.12. The van der Waals surface area contributed by atoms with Crippen molar-refractivity contribution in [2.75, 3.05) is 17.8 Å². The van der Waals surface area contributed by atoms with Crippen molar-refractivity contribution in [2.45, 2.75) is 13.8 Å². The summed E-state index contributed by atoms with van der Waals surface area (Å²) in [4.78, 5) is 10.9. The second-order valence-electron chi connectivity index (χ2n) is 3.78. The SMILES string of the molecule is CC(=O)Nc1cccc(OCC(C)CCl)c1. The number of benzene rings is 1. The zero-order valence-corrected chi connectivity index (χ0v) is 10.3. The maximum absolute atomic E-state index is 10.9. The van der Waals surface area contributed by atoms with Gasteiger partial charge in [-0.15, -0.1) is 11.6 Å². The van der Waals surface area contributed by atoms with E-state index in [2.05, 4.69) is 5.32 Å². The van der Waals surface area contributed by atoms with Crippen molar-refractivity contribution in [3.05, 3.63) is 24.3 Å². The molecule has 0 radical (unpaired) electrons. The van der Waals surface area contributed by atoms with Gasteiger partial charge in [-0.1, -0.05) is 13.0 Å². The summed E-state index contributed by atoms with van der Waals surface area (Å²) in [5.74, 6) is 1.53. The number of carbonyl (C=O) groups excluding carboxylic acids is 1. The molecule has 0 saturated heterocycles. The van der Waals surface area contributed by atoms with E-state index in [-0.39, 0.29) is 5.91 Å². The van der Waals surface area contributed by atoms with Crippen molar-refractivity contribution in [2.24, 2.45) is 5.92 Å². The number of amides is 1. The predicted molar refractivity (Wildman–Crippen MR) is 66.1 cm³/mol. The van der Waals surface area contributed by atoms with Crippen molar-refractivity contribution in [3.8, 4) is 5.75 Å². The van der Waals surface area contributed by atoms with E-state index < -0.39 is 0 Å². The number of halogens is 1. The summed E-state index contributed by atoms with van der Waals surface area (Å²) in [5, 5.41) is 2.70. The zero-order valence-electron chi connectivity index (χ0n) is 9.50. The van der Waals surface area contributed by atoms with Gasteiger partial charge < -0.3 is 10.1 Å². The fourth-order valence-corrected chi connectivity index (χ4v) is 1.24. The lowest BCUT2D eigenvalue weighted by Crippen LogP contribution is -2.10. The van der Waals surface area contributed by atoms with Gasteiger partial charge >= 0.3 is 0 Å². The molecule has 1 aromatic carbocycles. The second kappa shape index (κ2) is 6.38. The summed E-state index contributed by atoms with van der Waals surface area (Å²) in [7, 11) is 0. The molecular formula is C12H16ClNO2. The number of rotatable bonds is 5. The molecule has 0 heterocycles. The molecule has 88 valence electrons. The first-order valence-electron chi connectivity index (χ1n) is 5.18. The van der Waals surface area contributed by atoms with Crippen LogP contribution in [0, 0.1) is 5.92 Å². The molecule has 0 bridgehead atoms. The summed E-state index contributed by atoms with van der Waals surface area (Å²) < 4.78 is 5.55. The molecule has 1 aromatic rings. The van der Waals surface area contributed by atoms with Crippen LogP contribution in [0.5, 0.6) is 5.75 Å². The third-order valence-electron chi connectivity index (χ3n) is 1.95. The normalized spacial score (nSPS) is 11.9. The maximum Gasteiger partial charge on any atom is 0.221 e. The van der Waals surface area contributed by atoms with Gasteiger partial charge in [0, 0.05) is 30.5 Å². The average molecular weight is 242 g/mol. The molecule has 1 amide bonds. The van der Waals surface area contributed by atoms with Crippen molar-refractivity contribution in [1.29, 1.82) is 0 Å². The monoisotopic (exact) mass is 241 g/mol. The van der Waals surface area contributed by atoms with E-state index in [9.17, 15) is 4.79 Å². The van der Waals surface area contributed by atoms with Crippen LogP contribution in [0.4, 0.5) is 5.69 Å². The van der Waals surface area contributed by atoms with Gasteiger partial charge in [-0.2, -0.15) is 0 Å². The molecule has 4 heteroatoms. The Hall–Kier alpha value is -1.22. The van der Waals surface area contributed by atoms with Crippen LogP contribution in [0.25, 0.3) is 0 Å². The first-order valence-corrected chi connectivity index (χ1v) is 5.71. The summed E-state index contributed by atoms with van der Waals surface area (Å²) in [6, 6.07) is 7.31. The molecule has 0 spiro atoms. The van der Waals surface area contributed by atoms with E-state index in [1.54, 1.807) is 6.07 Å². The molecule has 0 saturated carbocycles. The highest BCUT2D eigenvalue weighted by Crippen LogP contribution is 2.18. The summed E-state index contributed by atoms with van der Waals surface area (Å²) in [6.07, 6.45) is 0. The molecule has 0 aliphatic carbocycles. The highest BCUT2D eigenvalue weighted by atomic mass is 35.5. The van der Waals surface area contributed by atoms with Crippen LogP contribution in [-0.4, -0.2) is 18.4 Å². The molecule has 0 fully saturated rings. The third-order valence-corrected chi connectivity index (χ3v) is 2.48. The molecule has 0 aromatic heterocycles. The van der Waals surface area contributed by atoms with E-state index in [4.69, 9.17) is 16.3 Å². The number of carbonyl (C=O) groups is 1. The van der Waals surface area contributed by atoms with Crippen LogP contribution in [0.3, 0.4) is 0 Å². The van der Waals surface area contributed by atoms with E-state index in [0.717, 1.165) is 11.4 Å². The molecule has 1 rings (SSSR count). The Bertz CT molecular complexity index is 355. The van der Waals surface area contributed by atoms with Crippen molar-refractivity contribution in [1.82, 2.24) is 0 Å². The van der Waals surface area contributed by atoms with Crippen LogP contribution < -0.4 is 10.1 Å².